The standard InChI is InChI=1S/C18H38O4Si2/c1-9-11-13-15-23(19-5,20-6)17(3)18(4)24(21-7,22-8)16-14-12-10-2/h13-18H,9-12H2,1-8H3. The number of allylic oxidation sites excluding steroid dienone is 2. The van der Waals surface area contributed by atoms with Crippen LogP contribution in [0.4, 0.5) is 0 Å². The highest BCUT2D eigenvalue weighted by atomic mass is 28.4. The third kappa shape index (κ3) is 5.93. The van der Waals surface area contributed by atoms with Crippen molar-refractivity contribution < 1.29 is 17.7 Å². The van der Waals surface area contributed by atoms with E-state index in [1.807, 2.05) is 0 Å². The van der Waals surface area contributed by atoms with E-state index in [1.165, 1.54) is 0 Å². The lowest BCUT2D eigenvalue weighted by Gasteiger charge is -2.40. The normalized spacial score (nSPS) is 16.2. The van der Waals surface area contributed by atoms with E-state index in [1.54, 1.807) is 28.4 Å². The van der Waals surface area contributed by atoms with Gasteiger partial charge in [-0.1, -0.05) is 52.7 Å². The van der Waals surface area contributed by atoms with Gasteiger partial charge in [0.1, 0.15) is 0 Å². The molecule has 0 aromatic carbocycles. The monoisotopic (exact) mass is 374 g/mol. The summed E-state index contributed by atoms with van der Waals surface area (Å²) in [6.07, 6.45) is 8.70. The van der Waals surface area contributed by atoms with Gasteiger partial charge < -0.3 is 17.7 Å². The molecule has 0 aliphatic heterocycles. The molecule has 0 rings (SSSR count). The molecule has 0 saturated carbocycles. The third-order valence-electron chi connectivity index (χ3n) is 4.91. The van der Waals surface area contributed by atoms with Crippen molar-refractivity contribution in [2.24, 2.45) is 0 Å². The molecule has 0 amide bonds. The van der Waals surface area contributed by atoms with Crippen LogP contribution < -0.4 is 0 Å². The van der Waals surface area contributed by atoms with Gasteiger partial charge in [0.2, 0.25) is 0 Å². The smallest absolute Gasteiger partial charge is 0.367 e. The molecular formula is C18H38O4Si2. The second-order valence-electron chi connectivity index (χ2n) is 6.22. The highest BCUT2D eigenvalue weighted by Crippen LogP contribution is 2.42. The van der Waals surface area contributed by atoms with Crippen molar-refractivity contribution in [3.63, 3.8) is 0 Å². The average molecular weight is 375 g/mol. The highest BCUT2D eigenvalue weighted by molar-refractivity contribution is 6.80. The van der Waals surface area contributed by atoms with Gasteiger partial charge >= 0.3 is 17.1 Å². The van der Waals surface area contributed by atoms with Gasteiger partial charge in [-0.25, -0.2) is 0 Å². The molecule has 0 radical (unpaired) electrons. The summed E-state index contributed by atoms with van der Waals surface area (Å²) in [5, 5.41) is 0. The Morgan fingerprint density at radius 2 is 0.958 bits per heavy atom. The lowest BCUT2D eigenvalue weighted by molar-refractivity contribution is 0.220. The fraction of sp³-hybridized carbons (Fsp3) is 0.778. The second-order valence-corrected chi connectivity index (χ2v) is 13.2. The second kappa shape index (κ2) is 12.2. The maximum Gasteiger partial charge on any atom is 0.367 e. The molecule has 2 atom stereocenters. The summed E-state index contributed by atoms with van der Waals surface area (Å²) in [4.78, 5) is 0. The zero-order valence-electron chi connectivity index (χ0n) is 16.9. The lowest BCUT2D eigenvalue weighted by Crippen LogP contribution is -2.52. The Kier molecular flexibility index (Phi) is 12.0. The fourth-order valence-electron chi connectivity index (χ4n) is 3.01. The summed E-state index contributed by atoms with van der Waals surface area (Å²) in [7, 11) is 2.07. The number of hydrogen-bond acceptors (Lipinski definition) is 4. The molecule has 0 saturated heterocycles. The molecule has 4 nitrogen and oxygen atoms in total. The van der Waals surface area contributed by atoms with Gasteiger partial charge in [0, 0.05) is 39.5 Å². The maximum atomic E-state index is 5.94. The van der Waals surface area contributed by atoms with Crippen molar-refractivity contribution in [1.82, 2.24) is 0 Å². The van der Waals surface area contributed by atoms with Gasteiger partial charge in [0.25, 0.3) is 0 Å². The van der Waals surface area contributed by atoms with Gasteiger partial charge in [-0.05, 0) is 24.2 Å². The van der Waals surface area contributed by atoms with Crippen LogP contribution >= 0.6 is 0 Å². The molecule has 0 bridgehead atoms. The van der Waals surface area contributed by atoms with Crippen molar-refractivity contribution in [2.45, 2.75) is 64.5 Å². The lowest BCUT2D eigenvalue weighted by atomic mass is 10.3. The predicted molar refractivity (Wildman–Crippen MR) is 106 cm³/mol. The Morgan fingerprint density at radius 3 is 1.17 bits per heavy atom. The molecule has 0 aliphatic rings. The Balaban J connectivity index is 5.60. The Morgan fingerprint density at radius 1 is 0.667 bits per heavy atom. The van der Waals surface area contributed by atoms with E-state index in [0.717, 1.165) is 25.7 Å². The molecule has 0 aliphatic carbocycles. The SMILES string of the molecule is CCCC=C[Si](OC)(OC)C(C)C(C)[Si](C=CCCC)(OC)OC. The third-order valence-corrected chi connectivity index (χ3v) is 12.7. The summed E-state index contributed by atoms with van der Waals surface area (Å²) in [5.74, 6) is 0. The fourth-order valence-corrected chi connectivity index (χ4v) is 9.76. The number of rotatable bonds is 13. The van der Waals surface area contributed by atoms with Gasteiger partial charge in [-0.15, -0.1) is 0 Å². The average Bonchev–Trinajstić information content (AvgIpc) is 2.62. The largest absolute Gasteiger partial charge is 0.395 e. The molecule has 24 heavy (non-hydrogen) atoms. The zero-order valence-corrected chi connectivity index (χ0v) is 18.9. The van der Waals surface area contributed by atoms with Crippen LogP contribution in [0.2, 0.25) is 11.1 Å². The molecule has 0 N–H and O–H groups in total. The summed E-state index contributed by atoms with van der Waals surface area (Å²) in [6.45, 7) is 8.75. The first-order chi connectivity index (χ1) is 11.4. The molecule has 2 unspecified atom stereocenters. The van der Waals surface area contributed by atoms with Crippen LogP contribution in [0.5, 0.6) is 0 Å². The minimum absolute atomic E-state index is 0.207. The maximum absolute atomic E-state index is 5.94. The number of hydrogen-bond donors (Lipinski definition) is 0. The van der Waals surface area contributed by atoms with E-state index >= 15 is 0 Å². The molecule has 6 heteroatoms. The quantitative estimate of drug-likeness (QED) is 0.424. The van der Waals surface area contributed by atoms with Crippen LogP contribution in [0.15, 0.2) is 23.6 Å². The predicted octanol–water partition coefficient (Wildman–Crippen LogP) is 5.03. The van der Waals surface area contributed by atoms with E-state index in [4.69, 9.17) is 17.7 Å². The minimum atomic E-state index is -2.48. The van der Waals surface area contributed by atoms with E-state index in [2.05, 4.69) is 51.2 Å². The summed E-state index contributed by atoms with van der Waals surface area (Å²) in [5.41, 5.74) is 4.77. The highest BCUT2D eigenvalue weighted by Gasteiger charge is 2.51. The van der Waals surface area contributed by atoms with E-state index in [0.29, 0.717) is 0 Å². The molecule has 0 spiro atoms. The molecule has 0 aromatic rings. The van der Waals surface area contributed by atoms with E-state index in [9.17, 15) is 0 Å². The van der Waals surface area contributed by atoms with Crippen molar-refractivity contribution in [3.8, 4) is 0 Å². The van der Waals surface area contributed by atoms with Crippen LogP contribution in [0.25, 0.3) is 0 Å². The van der Waals surface area contributed by atoms with Crippen LogP contribution in [-0.2, 0) is 17.7 Å². The Labute approximate surface area is 151 Å². The summed E-state index contributed by atoms with van der Waals surface area (Å²) < 4.78 is 23.8. The van der Waals surface area contributed by atoms with Crippen molar-refractivity contribution in [3.05, 3.63) is 23.6 Å². The van der Waals surface area contributed by atoms with Gasteiger partial charge in [-0.2, -0.15) is 0 Å². The topological polar surface area (TPSA) is 36.9 Å². The molecule has 0 aromatic heterocycles. The van der Waals surface area contributed by atoms with Crippen molar-refractivity contribution in [2.75, 3.05) is 28.4 Å². The Hall–Kier alpha value is -0.246. The van der Waals surface area contributed by atoms with Gasteiger partial charge in [0.05, 0.1) is 0 Å². The van der Waals surface area contributed by atoms with Crippen molar-refractivity contribution in [1.29, 1.82) is 0 Å². The number of unbranched alkanes of at least 4 members (excludes halogenated alkanes) is 2. The van der Waals surface area contributed by atoms with E-state index in [-0.39, 0.29) is 11.1 Å². The van der Waals surface area contributed by atoms with Crippen LogP contribution in [0.3, 0.4) is 0 Å². The molecule has 0 heterocycles. The van der Waals surface area contributed by atoms with Crippen LogP contribution in [0.1, 0.15) is 53.4 Å². The van der Waals surface area contributed by atoms with Gasteiger partial charge in [0.15, 0.2) is 0 Å². The van der Waals surface area contributed by atoms with Crippen LogP contribution in [0, 0.1) is 0 Å². The van der Waals surface area contributed by atoms with Gasteiger partial charge in [-0.3, -0.25) is 0 Å². The first kappa shape index (κ1) is 23.8. The van der Waals surface area contributed by atoms with Crippen LogP contribution in [-0.4, -0.2) is 45.6 Å². The molecular weight excluding hydrogens is 336 g/mol. The van der Waals surface area contributed by atoms with Crippen molar-refractivity contribution >= 4 is 17.1 Å². The first-order valence-electron chi connectivity index (χ1n) is 8.99. The minimum Gasteiger partial charge on any atom is -0.395 e. The first-order valence-corrected chi connectivity index (χ1v) is 12.9. The summed E-state index contributed by atoms with van der Waals surface area (Å²) >= 11 is 0. The molecule has 142 valence electrons. The van der Waals surface area contributed by atoms with E-state index < -0.39 is 17.1 Å². The zero-order chi connectivity index (χ0) is 18.6. The molecule has 0 fully saturated rings. The Bertz CT molecular complexity index is 341. The summed E-state index contributed by atoms with van der Waals surface area (Å²) in [6, 6.07) is 0.